The molecule has 1 aromatic heterocycles. The summed E-state index contributed by atoms with van der Waals surface area (Å²) >= 11 is 0. The smallest absolute Gasteiger partial charge is 0.330 e. The lowest BCUT2D eigenvalue weighted by Gasteiger charge is -2.20. The minimum absolute atomic E-state index is 0.131. The van der Waals surface area contributed by atoms with Crippen LogP contribution in [0, 0.1) is 11.8 Å². The van der Waals surface area contributed by atoms with Crippen molar-refractivity contribution in [3.8, 4) is 0 Å². The third-order valence-corrected chi connectivity index (χ3v) is 4.86. The van der Waals surface area contributed by atoms with Crippen LogP contribution in [0.5, 0.6) is 0 Å². The Morgan fingerprint density at radius 1 is 1.29 bits per heavy atom. The van der Waals surface area contributed by atoms with Gasteiger partial charge in [-0.2, -0.15) is 0 Å². The van der Waals surface area contributed by atoms with Gasteiger partial charge in [-0.05, 0) is 17.9 Å². The highest BCUT2D eigenvalue weighted by Gasteiger charge is 2.40. The van der Waals surface area contributed by atoms with E-state index < -0.39 is 29.7 Å². The molecule has 1 heterocycles. The number of amides is 1. The summed E-state index contributed by atoms with van der Waals surface area (Å²) in [6, 6.07) is 9.08. The topological polar surface area (TPSA) is 127 Å². The summed E-state index contributed by atoms with van der Waals surface area (Å²) in [5, 5.41) is 0. The van der Waals surface area contributed by atoms with Crippen LogP contribution < -0.4 is 21.9 Å². The highest BCUT2D eigenvalue weighted by molar-refractivity contribution is 5.96. The van der Waals surface area contributed by atoms with Gasteiger partial charge in [0.05, 0.1) is 12.5 Å². The number of nitrogen functional groups attached to an aromatic ring is 1. The number of ether oxygens (including phenoxy) is 1. The van der Waals surface area contributed by atoms with Crippen molar-refractivity contribution in [2.45, 2.75) is 19.9 Å². The standard InChI is InChI=1S/C19H22N4O5/c1-11-8-13(11)18(26)28-10-14(24)22(2)15-16(20)23(19(27)21-17(15)25)9-12-6-4-3-5-7-12/h3-7,11,13H,8-10,20H2,1-2H3,(H,21,25,27)/t11-,13-/m1/s1. The molecule has 2 atom stereocenters. The fourth-order valence-electron chi connectivity index (χ4n) is 2.94. The molecule has 0 bridgehead atoms. The van der Waals surface area contributed by atoms with Crippen LogP contribution >= 0.6 is 0 Å². The summed E-state index contributed by atoms with van der Waals surface area (Å²) in [7, 11) is 1.34. The van der Waals surface area contributed by atoms with Crippen LogP contribution in [-0.4, -0.2) is 35.1 Å². The second kappa shape index (κ2) is 7.71. The number of nitrogens with two attached hydrogens (primary N) is 1. The van der Waals surface area contributed by atoms with E-state index >= 15 is 0 Å². The summed E-state index contributed by atoms with van der Waals surface area (Å²) < 4.78 is 6.19. The molecule has 9 heteroatoms. The summed E-state index contributed by atoms with van der Waals surface area (Å²) in [4.78, 5) is 51.8. The van der Waals surface area contributed by atoms with E-state index in [0.29, 0.717) is 0 Å². The zero-order chi connectivity index (χ0) is 20.4. The van der Waals surface area contributed by atoms with Crippen LogP contribution in [-0.2, 0) is 20.9 Å². The van der Waals surface area contributed by atoms with Crippen LogP contribution in [0.2, 0.25) is 0 Å². The number of carbonyl (C=O) groups excluding carboxylic acids is 2. The Morgan fingerprint density at radius 2 is 1.93 bits per heavy atom. The number of hydrogen-bond acceptors (Lipinski definition) is 6. The van der Waals surface area contributed by atoms with E-state index in [9.17, 15) is 19.2 Å². The van der Waals surface area contributed by atoms with Crippen molar-refractivity contribution in [3.05, 3.63) is 56.7 Å². The molecule has 2 aromatic rings. The van der Waals surface area contributed by atoms with Gasteiger partial charge in [0.1, 0.15) is 5.82 Å². The molecule has 0 spiro atoms. The molecule has 1 aromatic carbocycles. The molecule has 3 rings (SSSR count). The van der Waals surface area contributed by atoms with Gasteiger partial charge in [-0.25, -0.2) is 4.79 Å². The predicted octanol–water partition coefficient (Wildman–Crippen LogP) is 0.329. The lowest BCUT2D eigenvalue weighted by atomic mass is 10.2. The number of carbonyl (C=O) groups is 2. The number of rotatable bonds is 6. The molecule has 1 aliphatic rings. The van der Waals surface area contributed by atoms with E-state index in [2.05, 4.69) is 4.98 Å². The Bertz CT molecular complexity index is 1010. The number of anilines is 2. The predicted molar refractivity (Wildman–Crippen MR) is 103 cm³/mol. The van der Waals surface area contributed by atoms with Crippen molar-refractivity contribution in [3.63, 3.8) is 0 Å². The second-order valence-corrected chi connectivity index (χ2v) is 6.94. The summed E-state index contributed by atoms with van der Waals surface area (Å²) in [6.07, 6.45) is 0.750. The number of esters is 1. The number of likely N-dealkylation sites (N-methyl/N-ethyl adjacent to an activating group) is 1. The molecule has 28 heavy (non-hydrogen) atoms. The minimum atomic E-state index is -0.787. The van der Waals surface area contributed by atoms with Gasteiger partial charge in [-0.3, -0.25) is 23.9 Å². The van der Waals surface area contributed by atoms with Gasteiger partial charge in [0.25, 0.3) is 11.5 Å². The average Bonchev–Trinajstić information content (AvgIpc) is 3.40. The van der Waals surface area contributed by atoms with E-state index in [4.69, 9.17) is 10.5 Å². The number of aromatic nitrogens is 2. The van der Waals surface area contributed by atoms with Crippen LogP contribution in [0.15, 0.2) is 39.9 Å². The number of hydrogen-bond donors (Lipinski definition) is 2. The molecule has 1 aliphatic carbocycles. The molecular weight excluding hydrogens is 364 g/mol. The number of nitrogens with one attached hydrogen (secondary N) is 1. The van der Waals surface area contributed by atoms with Crippen LogP contribution in [0.4, 0.5) is 11.5 Å². The van der Waals surface area contributed by atoms with Crippen molar-refractivity contribution in [2.24, 2.45) is 11.8 Å². The van der Waals surface area contributed by atoms with Crippen LogP contribution in [0.25, 0.3) is 0 Å². The summed E-state index contributed by atoms with van der Waals surface area (Å²) in [5.74, 6) is -1.09. The van der Waals surface area contributed by atoms with Crippen LogP contribution in [0.3, 0.4) is 0 Å². The van der Waals surface area contributed by atoms with Gasteiger partial charge >= 0.3 is 11.7 Å². The quantitative estimate of drug-likeness (QED) is 0.689. The maximum absolute atomic E-state index is 12.4. The van der Waals surface area contributed by atoms with E-state index in [0.717, 1.165) is 16.9 Å². The largest absolute Gasteiger partial charge is 0.455 e. The molecule has 1 fully saturated rings. The first-order valence-corrected chi connectivity index (χ1v) is 8.89. The SMILES string of the molecule is C[C@@H]1C[C@H]1C(=O)OCC(=O)N(C)c1c(N)n(Cc2ccccc2)c(=O)[nH]c1=O. The first-order chi connectivity index (χ1) is 13.3. The monoisotopic (exact) mass is 386 g/mol. The average molecular weight is 386 g/mol. The second-order valence-electron chi connectivity index (χ2n) is 6.94. The molecule has 148 valence electrons. The van der Waals surface area contributed by atoms with Crippen molar-refractivity contribution in [2.75, 3.05) is 24.3 Å². The molecular formula is C19H22N4O5. The Hall–Kier alpha value is -3.36. The molecule has 0 radical (unpaired) electrons. The maximum atomic E-state index is 12.4. The van der Waals surface area contributed by atoms with E-state index in [1.807, 2.05) is 37.3 Å². The Balaban J connectivity index is 1.81. The van der Waals surface area contributed by atoms with Gasteiger partial charge in [0.2, 0.25) is 0 Å². The number of benzene rings is 1. The first-order valence-electron chi connectivity index (χ1n) is 8.89. The summed E-state index contributed by atoms with van der Waals surface area (Å²) in [6.45, 7) is 1.55. The first kappa shape index (κ1) is 19.4. The van der Waals surface area contributed by atoms with Gasteiger partial charge in [0.15, 0.2) is 12.3 Å². The zero-order valence-electron chi connectivity index (χ0n) is 15.7. The molecule has 1 amide bonds. The molecule has 0 unspecified atom stereocenters. The lowest BCUT2D eigenvalue weighted by Crippen LogP contribution is -2.40. The molecule has 9 nitrogen and oxygen atoms in total. The van der Waals surface area contributed by atoms with Crippen molar-refractivity contribution in [1.29, 1.82) is 0 Å². The number of aromatic amines is 1. The summed E-state index contributed by atoms with van der Waals surface area (Å²) in [5.41, 5.74) is 5.21. The van der Waals surface area contributed by atoms with E-state index in [-0.39, 0.29) is 29.9 Å². The van der Waals surface area contributed by atoms with E-state index in [1.54, 1.807) is 0 Å². The Kier molecular flexibility index (Phi) is 5.34. The van der Waals surface area contributed by atoms with Crippen LogP contribution in [0.1, 0.15) is 18.9 Å². The van der Waals surface area contributed by atoms with Gasteiger partial charge in [0, 0.05) is 7.05 Å². The lowest BCUT2D eigenvalue weighted by molar-refractivity contribution is -0.149. The third kappa shape index (κ3) is 3.98. The number of nitrogens with zero attached hydrogens (tertiary/aromatic N) is 2. The zero-order valence-corrected chi connectivity index (χ0v) is 15.7. The Morgan fingerprint density at radius 3 is 2.54 bits per heavy atom. The molecule has 0 saturated heterocycles. The van der Waals surface area contributed by atoms with Crippen molar-refractivity contribution >= 4 is 23.4 Å². The van der Waals surface area contributed by atoms with Gasteiger partial charge < -0.3 is 15.4 Å². The molecule has 3 N–H and O–H groups in total. The molecule has 1 saturated carbocycles. The fraction of sp³-hybridized carbons (Fsp3) is 0.368. The normalized spacial score (nSPS) is 17.8. The fourth-order valence-corrected chi connectivity index (χ4v) is 2.94. The van der Waals surface area contributed by atoms with E-state index in [1.165, 1.54) is 11.6 Å². The molecule has 0 aliphatic heterocycles. The number of H-pyrrole nitrogens is 1. The van der Waals surface area contributed by atoms with Crippen molar-refractivity contribution in [1.82, 2.24) is 9.55 Å². The highest BCUT2D eigenvalue weighted by atomic mass is 16.5. The third-order valence-electron chi connectivity index (χ3n) is 4.86. The van der Waals surface area contributed by atoms with Crippen molar-refractivity contribution < 1.29 is 14.3 Å². The van der Waals surface area contributed by atoms with Gasteiger partial charge in [-0.15, -0.1) is 0 Å². The Labute approximate surface area is 160 Å². The minimum Gasteiger partial charge on any atom is -0.455 e. The van der Waals surface area contributed by atoms with Gasteiger partial charge in [-0.1, -0.05) is 37.3 Å². The maximum Gasteiger partial charge on any atom is 0.330 e. The highest BCUT2D eigenvalue weighted by Crippen LogP contribution is 2.38.